The van der Waals surface area contributed by atoms with Gasteiger partial charge in [-0.2, -0.15) is 4.98 Å². The fourth-order valence-corrected chi connectivity index (χ4v) is 6.05. The summed E-state index contributed by atoms with van der Waals surface area (Å²) in [5.74, 6) is 0.736. The number of amides is 2. The highest BCUT2D eigenvalue weighted by molar-refractivity contribution is 7.23. The van der Waals surface area contributed by atoms with Gasteiger partial charge < -0.3 is 25.2 Å². The van der Waals surface area contributed by atoms with Gasteiger partial charge >= 0.3 is 12.0 Å². The Morgan fingerprint density at radius 2 is 1.81 bits per heavy atom. The molecule has 0 aliphatic carbocycles. The normalized spacial score (nSPS) is 14.6. The SMILES string of the molecule is CCN(C(N)=O)c1nc2cc(-c3cnc(N4CCC(C)(C(=O)O)CC4)nc3)cc(-c3cc(OCCOC)nc(C)n3)c2s1. The van der Waals surface area contributed by atoms with Crippen LogP contribution in [0.5, 0.6) is 5.88 Å². The standard InChI is InChI=1S/C29H34N8O5S/c1-5-37(26(30)40)28-35-22-13-18(19-15-31-27(32-16-19)36-8-6-29(3,7-9-36)25(38)39)12-20(24(22)43-28)21-14-23(34-17(2)33-21)42-11-10-41-4/h12-16H,5-11H2,1-4H3,(H2,30,40)(H,38,39). The van der Waals surface area contributed by atoms with Crippen molar-refractivity contribution in [3.8, 4) is 28.3 Å². The number of carbonyl (C=O) groups is 2. The number of thiazole rings is 1. The zero-order valence-electron chi connectivity index (χ0n) is 24.5. The molecule has 226 valence electrons. The van der Waals surface area contributed by atoms with Gasteiger partial charge in [-0.25, -0.2) is 24.7 Å². The van der Waals surface area contributed by atoms with Gasteiger partial charge in [0.2, 0.25) is 11.8 Å². The maximum Gasteiger partial charge on any atom is 0.321 e. The number of piperidine rings is 1. The van der Waals surface area contributed by atoms with Crippen molar-refractivity contribution in [1.29, 1.82) is 0 Å². The molecule has 1 saturated heterocycles. The number of carbonyl (C=O) groups excluding carboxylic acids is 1. The number of aryl methyl sites for hydroxylation is 1. The van der Waals surface area contributed by atoms with E-state index in [-0.39, 0.29) is 0 Å². The van der Waals surface area contributed by atoms with E-state index >= 15 is 0 Å². The number of fused-ring (bicyclic) bond motifs is 1. The van der Waals surface area contributed by atoms with Gasteiger partial charge in [-0.15, -0.1) is 0 Å². The molecule has 4 heterocycles. The van der Waals surface area contributed by atoms with Crippen molar-refractivity contribution in [3.63, 3.8) is 0 Å². The second-order valence-corrected chi connectivity index (χ2v) is 11.5. The molecule has 0 bridgehead atoms. The predicted molar refractivity (Wildman–Crippen MR) is 164 cm³/mol. The highest BCUT2D eigenvalue weighted by Crippen LogP contribution is 2.40. The number of nitrogens with zero attached hydrogens (tertiary/aromatic N) is 7. The van der Waals surface area contributed by atoms with E-state index in [9.17, 15) is 14.7 Å². The summed E-state index contributed by atoms with van der Waals surface area (Å²) in [6.45, 7) is 7.68. The molecule has 43 heavy (non-hydrogen) atoms. The van der Waals surface area contributed by atoms with Crippen LogP contribution in [-0.2, 0) is 9.53 Å². The predicted octanol–water partition coefficient (Wildman–Crippen LogP) is 4.14. The van der Waals surface area contributed by atoms with E-state index in [4.69, 9.17) is 25.2 Å². The highest BCUT2D eigenvalue weighted by Gasteiger charge is 2.37. The van der Waals surface area contributed by atoms with Crippen molar-refractivity contribution in [3.05, 3.63) is 36.4 Å². The van der Waals surface area contributed by atoms with Crippen molar-refractivity contribution in [2.45, 2.75) is 33.6 Å². The number of benzene rings is 1. The third-order valence-electron chi connectivity index (χ3n) is 7.56. The van der Waals surface area contributed by atoms with Crippen LogP contribution in [0.4, 0.5) is 15.9 Å². The Morgan fingerprint density at radius 1 is 1.09 bits per heavy atom. The first-order valence-electron chi connectivity index (χ1n) is 13.9. The maximum absolute atomic E-state index is 12.1. The number of ether oxygens (including phenoxy) is 2. The number of carboxylic acid groups (broad SMARTS) is 1. The molecule has 1 aliphatic rings. The second kappa shape index (κ2) is 12.4. The van der Waals surface area contributed by atoms with Crippen molar-refractivity contribution < 1.29 is 24.2 Å². The molecule has 0 unspecified atom stereocenters. The summed E-state index contributed by atoms with van der Waals surface area (Å²) in [6.07, 6.45) is 4.54. The minimum Gasteiger partial charge on any atom is -0.481 e. The van der Waals surface area contributed by atoms with E-state index in [1.54, 1.807) is 39.4 Å². The summed E-state index contributed by atoms with van der Waals surface area (Å²) >= 11 is 1.35. The minimum atomic E-state index is -0.773. The minimum absolute atomic E-state index is 0.340. The average Bonchev–Trinajstić information content (AvgIpc) is 3.41. The fourth-order valence-electron chi connectivity index (χ4n) is 4.91. The second-order valence-electron chi connectivity index (χ2n) is 10.6. The van der Waals surface area contributed by atoms with Crippen LogP contribution >= 0.6 is 11.3 Å². The molecular weight excluding hydrogens is 572 g/mol. The molecule has 1 aliphatic heterocycles. The number of urea groups is 1. The third kappa shape index (κ3) is 6.34. The van der Waals surface area contributed by atoms with Crippen LogP contribution < -0.4 is 20.3 Å². The quantitative estimate of drug-likeness (QED) is 0.249. The molecule has 2 amide bonds. The summed E-state index contributed by atoms with van der Waals surface area (Å²) < 4.78 is 11.7. The summed E-state index contributed by atoms with van der Waals surface area (Å²) in [7, 11) is 1.60. The van der Waals surface area contributed by atoms with Gasteiger partial charge in [0.1, 0.15) is 12.4 Å². The molecule has 3 N–H and O–H groups in total. The highest BCUT2D eigenvalue weighted by atomic mass is 32.1. The Morgan fingerprint density at radius 3 is 2.44 bits per heavy atom. The number of anilines is 2. The van der Waals surface area contributed by atoms with Gasteiger partial charge in [0, 0.05) is 56.3 Å². The van der Waals surface area contributed by atoms with Gasteiger partial charge in [0.15, 0.2) is 5.13 Å². The Bertz CT molecular complexity index is 1640. The van der Waals surface area contributed by atoms with Gasteiger partial charge in [-0.3, -0.25) is 9.69 Å². The Labute approximate surface area is 252 Å². The lowest BCUT2D eigenvalue weighted by Crippen LogP contribution is -2.43. The Kier molecular flexibility index (Phi) is 8.69. The molecule has 1 aromatic carbocycles. The van der Waals surface area contributed by atoms with Crippen LogP contribution in [-0.4, -0.2) is 82.0 Å². The van der Waals surface area contributed by atoms with E-state index in [1.165, 1.54) is 16.2 Å². The van der Waals surface area contributed by atoms with E-state index in [2.05, 4.69) is 15.0 Å². The zero-order valence-corrected chi connectivity index (χ0v) is 25.3. The molecule has 3 aromatic heterocycles. The van der Waals surface area contributed by atoms with Crippen LogP contribution in [0, 0.1) is 12.3 Å². The summed E-state index contributed by atoms with van der Waals surface area (Å²) in [5, 5.41) is 10.0. The lowest BCUT2D eigenvalue weighted by Gasteiger charge is -2.36. The number of nitrogens with two attached hydrogens (primary N) is 1. The topological polar surface area (TPSA) is 170 Å². The monoisotopic (exact) mass is 606 g/mol. The summed E-state index contributed by atoms with van der Waals surface area (Å²) in [6, 6.07) is 5.10. The number of carboxylic acids is 1. The molecular formula is C29H34N8O5S. The van der Waals surface area contributed by atoms with Crippen molar-refractivity contribution in [2.75, 3.05) is 49.8 Å². The average molecular weight is 607 g/mol. The van der Waals surface area contributed by atoms with Gasteiger partial charge in [-0.05, 0) is 51.3 Å². The van der Waals surface area contributed by atoms with Crippen LogP contribution in [0.2, 0.25) is 0 Å². The first-order chi connectivity index (χ1) is 20.6. The smallest absolute Gasteiger partial charge is 0.321 e. The number of aliphatic carboxylic acids is 1. The van der Waals surface area contributed by atoms with Crippen LogP contribution in [0.15, 0.2) is 30.6 Å². The molecule has 4 aromatic rings. The molecule has 5 rings (SSSR count). The molecule has 14 heteroatoms. The number of hydrogen-bond acceptors (Lipinski definition) is 11. The summed E-state index contributed by atoms with van der Waals surface area (Å²) in [4.78, 5) is 50.3. The number of aromatic nitrogens is 5. The molecule has 0 spiro atoms. The maximum atomic E-state index is 12.1. The summed E-state index contributed by atoms with van der Waals surface area (Å²) in [5.41, 5.74) is 8.56. The number of hydrogen-bond donors (Lipinski definition) is 2. The number of methoxy groups -OCH3 is 1. The number of primary amides is 1. The lowest BCUT2D eigenvalue weighted by molar-refractivity contribution is -0.149. The van der Waals surface area contributed by atoms with E-state index < -0.39 is 17.4 Å². The van der Waals surface area contributed by atoms with Gasteiger partial charge in [0.25, 0.3) is 0 Å². The van der Waals surface area contributed by atoms with Crippen LogP contribution in [0.1, 0.15) is 32.5 Å². The molecule has 13 nitrogen and oxygen atoms in total. The largest absolute Gasteiger partial charge is 0.481 e. The van der Waals surface area contributed by atoms with Crippen molar-refractivity contribution in [1.82, 2.24) is 24.9 Å². The van der Waals surface area contributed by atoms with E-state index in [1.807, 2.05) is 24.0 Å². The Balaban J connectivity index is 1.54. The van der Waals surface area contributed by atoms with E-state index in [0.29, 0.717) is 79.7 Å². The number of rotatable bonds is 10. The first kappa shape index (κ1) is 30.0. The zero-order chi connectivity index (χ0) is 30.7. The lowest BCUT2D eigenvalue weighted by atomic mass is 9.80. The molecule has 0 atom stereocenters. The van der Waals surface area contributed by atoms with Crippen LogP contribution in [0.25, 0.3) is 32.6 Å². The fraction of sp³-hybridized carbons (Fsp3) is 0.414. The van der Waals surface area contributed by atoms with E-state index in [0.717, 1.165) is 21.4 Å². The van der Waals surface area contributed by atoms with Gasteiger partial charge in [-0.1, -0.05) is 11.3 Å². The Hall–Kier alpha value is -4.43. The third-order valence-corrected chi connectivity index (χ3v) is 8.68. The first-order valence-corrected chi connectivity index (χ1v) is 14.7. The molecule has 1 fully saturated rings. The molecule has 0 saturated carbocycles. The van der Waals surface area contributed by atoms with Crippen LogP contribution in [0.3, 0.4) is 0 Å². The molecule has 0 radical (unpaired) electrons. The van der Waals surface area contributed by atoms with Crippen molar-refractivity contribution in [2.24, 2.45) is 11.1 Å². The van der Waals surface area contributed by atoms with Gasteiger partial charge in [0.05, 0.1) is 27.9 Å². The van der Waals surface area contributed by atoms with Crippen molar-refractivity contribution >= 4 is 44.6 Å².